The van der Waals surface area contributed by atoms with Gasteiger partial charge in [0.2, 0.25) is 10.0 Å². The zero-order valence-electron chi connectivity index (χ0n) is 13.5. The smallest absolute Gasteiger partial charge is 0.269 e. The van der Waals surface area contributed by atoms with Crippen LogP contribution in [0.25, 0.3) is 0 Å². The van der Waals surface area contributed by atoms with E-state index >= 15 is 0 Å². The summed E-state index contributed by atoms with van der Waals surface area (Å²) in [5.41, 5.74) is 6.14. The molecular formula is C16H17ClN4O3S2. The molecule has 0 unspecified atom stereocenters. The number of sulfonamides is 1. The van der Waals surface area contributed by atoms with E-state index in [0.29, 0.717) is 6.54 Å². The van der Waals surface area contributed by atoms with Crippen LogP contribution in [0, 0.1) is 0 Å². The fourth-order valence-electron chi connectivity index (χ4n) is 2.06. The standard InChI is InChI=1S/C16H17ClN4O3S2/c17-13-7-6-12(10-14(13)26(18,23)24)15(22)20-21-16(25)19-9-8-11-4-2-1-3-5-11/h1-7,10H,8-9H2,(H,20,22)(H2,18,23,24)(H2,19,21,25). The van der Waals surface area contributed by atoms with E-state index in [1.54, 1.807) is 0 Å². The first-order valence-electron chi connectivity index (χ1n) is 7.48. The van der Waals surface area contributed by atoms with Gasteiger partial charge in [-0.25, -0.2) is 13.6 Å². The van der Waals surface area contributed by atoms with Crippen molar-refractivity contribution in [3.05, 3.63) is 64.7 Å². The SMILES string of the molecule is NS(=O)(=O)c1cc(C(=O)NNC(=S)NCCc2ccccc2)ccc1Cl. The monoisotopic (exact) mass is 412 g/mol. The number of amides is 1. The number of halogens is 1. The molecule has 5 N–H and O–H groups in total. The van der Waals surface area contributed by atoms with Crippen molar-refractivity contribution in [2.45, 2.75) is 11.3 Å². The van der Waals surface area contributed by atoms with Gasteiger partial charge in [-0.1, -0.05) is 41.9 Å². The van der Waals surface area contributed by atoms with Crippen LogP contribution in [-0.4, -0.2) is 26.0 Å². The van der Waals surface area contributed by atoms with E-state index in [4.69, 9.17) is 29.0 Å². The minimum absolute atomic E-state index is 0.0601. The maximum atomic E-state index is 12.1. The summed E-state index contributed by atoms with van der Waals surface area (Å²) < 4.78 is 22.9. The number of thiocarbonyl (C=S) groups is 1. The van der Waals surface area contributed by atoms with Gasteiger partial charge in [0, 0.05) is 12.1 Å². The molecule has 7 nitrogen and oxygen atoms in total. The highest BCUT2D eigenvalue weighted by Crippen LogP contribution is 2.21. The van der Waals surface area contributed by atoms with Crippen molar-refractivity contribution in [3.63, 3.8) is 0 Å². The Morgan fingerprint density at radius 3 is 2.46 bits per heavy atom. The minimum Gasteiger partial charge on any atom is -0.361 e. The van der Waals surface area contributed by atoms with E-state index in [1.807, 2.05) is 30.3 Å². The van der Waals surface area contributed by atoms with E-state index in [1.165, 1.54) is 12.1 Å². The Morgan fingerprint density at radius 1 is 1.12 bits per heavy atom. The maximum Gasteiger partial charge on any atom is 0.269 e. The number of rotatable bonds is 5. The van der Waals surface area contributed by atoms with Crippen molar-refractivity contribution in [1.29, 1.82) is 0 Å². The van der Waals surface area contributed by atoms with Crippen molar-refractivity contribution < 1.29 is 13.2 Å². The summed E-state index contributed by atoms with van der Waals surface area (Å²) in [6.07, 6.45) is 0.769. The third-order valence-corrected chi connectivity index (χ3v) is 4.97. The first kappa shape index (κ1) is 20.1. The molecule has 0 radical (unpaired) electrons. The number of nitrogens with two attached hydrogens (primary N) is 1. The van der Waals surface area contributed by atoms with Crippen molar-refractivity contribution in [1.82, 2.24) is 16.2 Å². The molecule has 0 fully saturated rings. The van der Waals surface area contributed by atoms with Gasteiger partial charge in [-0.2, -0.15) is 0 Å². The molecule has 2 aromatic rings. The van der Waals surface area contributed by atoms with Crippen molar-refractivity contribution in [3.8, 4) is 0 Å². The fourth-order valence-corrected chi connectivity index (χ4v) is 3.28. The second-order valence-corrected chi connectivity index (χ2v) is 7.61. The van der Waals surface area contributed by atoms with Crippen LogP contribution in [0.5, 0.6) is 0 Å². The average Bonchev–Trinajstić information content (AvgIpc) is 2.60. The summed E-state index contributed by atoms with van der Waals surface area (Å²) >= 11 is 10.9. The Hall–Kier alpha value is -2.20. The Balaban J connectivity index is 1.85. The maximum absolute atomic E-state index is 12.1. The highest BCUT2D eigenvalue weighted by atomic mass is 35.5. The lowest BCUT2D eigenvalue weighted by atomic mass is 10.1. The first-order valence-corrected chi connectivity index (χ1v) is 9.81. The van der Waals surface area contributed by atoms with E-state index in [0.717, 1.165) is 18.1 Å². The molecule has 0 aliphatic carbocycles. The zero-order valence-corrected chi connectivity index (χ0v) is 15.9. The third kappa shape index (κ3) is 5.95. The molecule has 0 spiro atoms. The molecule has 0 saturated heterocycles. The number of carbonyl (C=O) groups excluding carboxylic acids is 1. The predicted octanol–water partition coefficient (Wildman–Crippen LogP) is 1.34. The Morgan fingerprint density at radius 2 is 1.81 bits per heavy atom. The molecule has 0 heterocycles. The number of hydrogen-bond acceptors (Lipinski definition) is 4. The normalized spacial score (nSPS) is 10.8. The molecular weight excluding hydrogens is 396 g/mol. The average molecular weight is 413 g/mol. The minimum atomic E-state index is -4.03. The summed E-state index contributed by atoms with van der Waals surface area (Å²) in [5.74, 6) is -0.584. The molecule has 138 valence electrons. The number of carbonyl (C=O) groups is 1. The second-order valence-electron chi connectivity index (χ2n) is 5.26. The van der Waals surface area contributed by atoms with Crippen LogP contribution in [0.1, 0.15) is 15.9 Å². The summed E-state index contributed by atoms with van der Waals surface area (Å²) in [7, 11) is -4.03. The summed E-state index contributed by atoms with van der Waals surface area (Å²) in [6, 6.07) is 13.6. The molecule has 0 aromatic heterocycles. The van der Waals surface area contributed by atoms with Gasteiger partial charge in [-0.05, 0) is 42.4 Å². The quantitative estimate of drug-likeness (QED) is 0.435. The highest BCUT2D eigenvalue weighted by Gasteiger charge is 2.16. The van der Waals surface area contributed by atoms with Gasteiger partial charge in [0.05, 0.1) is 5.02 Å². The molecule has 0 bridgehead atoms. The third-order valence-electron chi connectivity index (χ3n) is 3.33. The van der Waals surface area contributed by atoms with Crippen molar-refractivity contribution >= 4 is 44.9 Å². The number of primary sulfonamides is 1. The van der Waals surface area contributed by atoms with E-state index < -0.39 is 15.9 Å². The van der Waals surface area contributed by atoms with Crippen molar-refractivity contribution in [2.75, 3.05) is 6.54 Å². The van der Waals surface area contributed by atoms with Crippen LogP contribution in [0.2, 0.25) is 5.02 Å². The molecule has 2 rings (SSSR count). The Labute approximate surface area is 161 Å². The summed E-state index contributed by atoms with van der Waals surface area (Å²) in [4.78, 5) is 11.8. The van der Waals surface area contributed by atoms with Crippen LogP contribution in [0.15, 0.2) is 53.4 Å². The first-order chi connectivity index (χ1) is 12.3. The van der Waals surface area contributed by atoms with Gasteiger partial charge in [0.25, 0.3) is 5.91 Å². The molecule has 26 heavy (non-hydrogen) atoms. The number of hydrazine groups is 1. The van der Waals surface area contributed by atoms with Gasteiger partial charge in [0.1, 0.15) is 4.90 Å². The van der Waals surface area contributed by atoms with Crippen LogP contribution < -0.4 is 21.3 Å². The molecule has 10 heteroatoms. The molecule has 2 aromatic carbocycles. The van der Waals surface area contributed by atoms with Gasteiger partial charge < -0.3 is 5.32 Å². The second kappa shape index (κ2) is 8.95. The molecule has 0 aliphatic rings. The summed E-state index contributed by atoms with van der Waals surface area (Å²) in [5, 5.41) is 8.18. The number of hydrogen-bond donors (Lipinski definition) is 4. The lowest BCUT2D eigenvalue weighted by molar-refractivity contribution is 0.0943. The van der Waals surface area contributed by atoms with E-state index in [-0.39, 0.29) is 20.6 Å². The molecule has 0 aliphatic heterocycles. The summed E-state index contributed by atoms with van der Waals surface area (Å²) in [6.45, 7) is 0.586. The Bertz CT molecular complexity index is 905. The van der Waals surface area contributed by atoms with Crippen LogP contribution in [0.4, 0.5) is 0 Å². The van der Waals surface area contributed by atoms with Crippen LogP contribution >= 0.6 is 23.8 Å². The molecule has 0 atom stereocenters. The van der Waals surface area contributed by atoms with Gasteiger partial charge >= 0.3 is 0 Å². The number of benzene rings is 2. The highest BCUT2D eigenvalue weighted by molar-refractivity contribution is 7.89. The van der Waals surface area contributed by atoms with Gasteiger partial charge in [-0.15, -0.1) is 0 Å². The van der Waals surface area contributed by atoms with Gasteiger partial charge in [0.15, 0.2) is 5.11 Å². The topological polar surface area (TPSA) is 113 Å². The number of nitrogens with one attached hydrogen (secondary N) is 3. The largest absolute Gasteiger partial charge is 0.361 e. The van der Waals surface area contributed by atoms with Crippen LogP contribution in [0.3, 0.4) is 0 Å². The Kier molecular flexibility index (Phi) is 6.92. The lowest BCUT2D eigenvalue weighted by Gasteiger charge is -2.12. The van der Waals surface area contributed by atoms with Gasteiger partial charge in [-0.3, -0.25) is 15.6 Å². The van der Waals surface area contributed by atoms with Crippen LogP contribution in [-0.2, 0) is 16.4 Å². The zero-order chi connectivity index (χ0) is 19.2. The van der Waals surface area contributed by atoms with E-state index in [9.17, 15) is 13.2 Å². The lowest BCUT2D eigenvalue weighted by Crippen LogP contribution is -2.47. The molecule has 0 saturated carbocycles. The van der Waals surface area contributed by atoms with Crippen molar-refractivity contribution in [2.24, 2.45) is 5.14 Å². The molecule has 1 amide bonds. The predicted molar refractivity (Wildman–Crippen MR) is 104 cm³/mol. The fraction of sp³-hybridized carbons (Fsp3) is 0.125. The van der Waals surface area contributed by atoms with E-state index in [2.05, 4.69) is 16.2 Å².